The number of nitrogens with zero attached hydrogens (tertiary/aromatic N) is 4. The van der Waals surface area contributed by atoms with Gasteiger partial charge in [-0.3, -0.25) is 4.79 Å². The first-order chi connectivity index (χ1) is 11.0. The minimum atomic E-state index is 0.203. The van der Waals surface area contributed by atoms with Crippen LogP contribution in [0.25, 0.3) is 0 Å². The molecule has 1 atom stereocenters. The van der Waals surface area contributed by atoms with E-state index in [4.69, 9.17) is 16.3 Å². The second-order valence-corrected chi connectivity index (χ2v) is 6.63. The van der Waals surface area contributed by atoms with Crippen molar-refractivity contribution in [2.45, 2.75) is 38.3 Å². The number of likely N-dealkylation sites (tertiary alicyclic amines) is 1. The molecule has 7 heteroatoms. The van der Waals surface area contributed by atoms with Crippen molar-refractivity contribution in [2.24, 2.45) is 0 Å². The Morgan fingerprint density at radius 3 is 3.00 bits per heavy atom. The van der Waals surface area contributed by atoms with E-state index >= 15 is 0 Å². The fraction of sp³-hybridized carbons (Fsp3) is 0.750. The van der Waals surface area contributed by atoms with Crippen LogP contribution in [0.2, 0.25) is 5.15 Å². The molecule has 0 saturated carbocycles. The van der Waals surface area contributed by atoms with Crippen molar-refractivity contribution in [2.75, 3.05) is 40.9 Å². The quantitative estimate of drug-likeness (QED) is 0.756. The van der Waals surface area contributed by atoms with Gasteiger partial charge >= 0.3 is 0 Å². The number of likely N-dealkylation sites (N-methyl/N-ethyl adjacent to an activating group) is 1. The SMILES string of the molecule is COCCn1c(Cl)cnc1CCC(=O)N1CCC[C@@H](N(C)C)C1. The molecule has 2 rings (SSSR count). The maximum atomic E-state index is 12.5. The molecule has 1 aromatic heterocycles. The van der Waals surface area contributed by atoms with Crippen LogP contribution in [0.4, 0.5) is 0 Å². The highest BCUT2D eigenvalue weighted by atomic mass is 35.5. The number of carbonyl (C=O) groups is 1. The third-order valence-corrected chi connectivity index (χ3v) is 4.75. The molecule has 0 bridgehead atoms. The second kappa shape index (κ2) is 8.66. The number of aromatic nitrogens is 2. The predicted molar refractivity (Wildman–Crippen MR) is 90.7 cm³/mol. The molecule has 23 heavy (non-hydrogen) atoms. The van der Waals surface area contributed by atoms with E-state index in [0.29, 0.717) is 37.2 Å². The maximum absolute atomic E-state index is 12.5. The summed E-state index contributed by atoms with van der Waals surface area (Å²) in [5, 5.41) is 0.593. The number of methoxy groups -OCH3 is 1. The summed E-state index contributed by atoms with van der Waals surface area (Å²) in [5.74, 6) is 1.05. The normalized spacial score (nSPS) is 18.7. The van der Waals surface area contributed by atoms with Crippen molar-refractivity contribution >= 4 is 17.5 Å². The van der Waals surface area contributed by atoms with Gasteiger partial charge in [0.2, 0.25) is 5.91 Å². The number of hydrogen-bond acceptors (Lipinski definition) is 4. The largest absolute Gasteiger partial charge is 0.383 e. The van der Waals surface area contributed by atoms with Crippen LogP contribution in [0.5, 0.6) is 0 Å². The van der Waals surface area contributed by atoms with Crippen molar-refractivity contribution in [3.8, 4) is 0 Å². The zero-order valence-corrected chi connectivity index (χ0v) is 15.1. The third kappa shape index (κ3) is 4.93. The van der Waals surface area contributed by atoms with Gasteiger partial charge in [-0.25, -0.2) is 4.98 Å². The lowest BCUT2D eigenvalue weighted by Crippen LogP contribution is -2.47. The summed E-state index contributed by atoms with van der Waals surface area (Å²) in [7, 11) is 5.81. The minimum absolute atomic E-state index is 0.203. The van der Waals surface area contributed by atoms with Crippen molar-refractivity contribution in [1.82, 2.24) is 19.4 Å². The Bertz CT molecular complexity index is 518. The fourth-order valence-corrected chi connectivity index (χ4v) is 3.22. The van der Waals surface area contributed by atoms with Gasteiger partial charge in [-0.15, -0.1) is 0 Å². The molecule has 1 saturated heterocycles. The zero-order valence-electron chi connectivity index (χ0n) is 14.3. The monoisotopic (exact) mass is 342 g/mol. The molecule has 130 valence electrons. The van der Waals surface area contributed by atoms with Crippen LogP contribution >= 0.6 is 11.6 Å². The van der Waals surface area contributed by atoms with Gasteiger partial charge in [0.1, 0.15) is 11.0 Å². The molecule has 2 heterocycles. The number of ether oxygens (including phenoxy) is 1. The molecular weight excluding hydrogens is 316 g/mol. The van der Waals surface area contributed by atoms with Crippen LogP contribution in [0.3, 0.4) is 0 Å². The smallest absolute Gasteiger partial charge is 0.223 e. The van der Waals surface area contributed by atoms with E-state index in [1.54, 1.807) is 13.3 Å². The van der Waals surface area contributed by atoms with E-state index < -0.39 is 0 Å². The van der Waals surface area contributed by atoms with E-state index in [2.05, 4.69) is 24.0 Å². The maximum Gasteiger partial charge on any atom is 0.223 e. The second-order valence-electron chi connectivity index (χ2n) is 6.24. The molecule has 6 nitrogen and oxygen atoms in total. The van der Waals surface area contributed by atoms with E-state index in [-0.39, 0.29) is 5.91 Å². The van der Waals surface area contributed by atoms with Crippen LogP contribution in [0.1, 0.15) is 25.1 Å². The summed E-state index contributed by atoms with van der Waals surface area (Å²) in [6.07, 6.45) is 4.95. The number of rotatable bonds is 7. The third-order valence-electron chi connectivity index (χ3n) is 4.45. The van der Waals surface area contributed by atoms with Crippen molar-refractivity contribution < 1.29 is 9.53 Å². The number of carbonyl (C=O) groups excluding carboxylic acids is 1. The van der Waals surface area contributed by atoms with Crippen LogP contribution < -0.4 is 0 Å². The van der Waals surface area contributed by atoms with E-state index in [0.717, 1.165) is 31.8 Å². The number of aryl methyl sites for hydroxylation is 1. The first-order valence-electron chi connectivity index (χ1n) is 8.16. The number of imidazole rings is 1. The summed E-state index contributed by atoms with van der Waals surface area (Å²) in [6, 6.07) is 0.464. The molecule has 0 radical (unpaired) electrons. The Kier molecular flexibility index (Phi) is 6.87. The molecule has 1 amide bonds. The lowest BCUT2D eigenvalue weighted by molar-refractivity contribution is -0.133. The van der Waals surface area contributed by atoms with Crippen molar-refractivity contribution in [1.29, 1.82) is 0 Å². The van der Waals surface area contributed by atoms with Gasteiger partial charge in [-0.05, 0) is 26.9 Å². The molecule has 0 unspecified atom stereocenters. The van der Waals surface area contributed by atoms with Gasteiger partial charge in [0, 0.05) is 45.6 Å². The van der Waals surface area contributed by atoms with Gasteiger partial charge in [0.25, 0.3) is 0 Å². The highest BCUT2D eigenvalue weighted by Crippen LogP contribution is 2.17. The Balaban J connectivity index is 1.89. The first-order valence-corrected chi connectivity index (χ1v) is 8.53. The molecule has 1 aliphatic rings. The average molecular weight is 343 g/mol. The lowest BCUT2D eigenvalue weighted by atomic mass is 10.0. The van der Waals surface area contributed by atoms with Crippen molar-refractivity contribution in [3.63, 3.8) is 0 Å². The van der Waals surface area contributed by atoms with Gasteiger partial charge in [-0.2, -0.15) is 0 Å². The Labute approximate surface area is 143 Å². The minimum Gasteiger partial charge on any atom is -0.383 e. The average Bonchev–Trinajstić information content (AvgIpc) is 2.90. The zero-order chi connectivity index (χ0) is 16.8. The number of hydrogen-bond donors (Lipinski definition) is 0. The number of halogens is 1. The Morgan fingerprint density at radius 2 is 2.30 bits per heavy atom. The highest BCUT2D eigenvalue weighted by Gasteiger charge is 2.24. The summed E-state index contributed by atoms with van der Waals surface area (Å²) in [4.78, 5) is 21.0. The Hall–Kier alpha value is -1.11. The van der Waals surface area contributed by atoms with Crippen LogP contribution in [-0.2, 0) is 22.5 Å². The first kappa shape index (κ1) is 18.2. The van der Waals surface area contributed by atoms with E-state index in [1.165, 1.54) is 0 Å². The van der Waals surface area contributed by atoms with Gasteiger partial charge in [0.15, 0.2) is 0 Å². The topological polar surface area (TPSA) is 50.6 Å². The predicted octanol–water partition coefficient (Wildman–Crippen LogP) is 1.67. The molecule has 0 N–H and O–H groups in total. The molecule has 0 aliphatic carbocycles. The van der Waals surface area contributed by atoms with Gasteiger partial charge in [0.05, 0.1) is 12.8 Å². The molecule has 1 fully saturated rings. The van der Waals surface area contributed by atoms with Crippen molar-refractivity contribution in [3.05, 3.63) is 17.2 Å². The molecular formula is C16H27ClN4O2. The fourth-order valence-electron chi connectivity index (χ4n) is 2.99. The lowest BCUT2D eigenvalue weighted by Gasteiger charge is -2.36. The van der Waals surface area contributed by atoms with Crippen LogP contribution in [0, 0.1) is 0 Å². The van der Waals surface area contributed by atoms with Gasteiger partial charge < -0.3 is 19.1 Å². The van der Waals surface area contributed by atoms with Crippen LogP contribution in [0.15, 0.2) is 6.20 Å². The van der Waals surface area contributed by atoms with E-state index in [1.807, 2.05) is 9.47 Å². The number of amides is 1. The summed E-state index contributed by atoms with van der Waals surface area (Å²) in [6.45, 7) is 2.92. The van der Waals surface area contributed by atoms with E-state index in [9.17, 15) is 4.79 Å². The molecule has 1 aromatic rings. The summed E-state index contributed by atoms with van der Waals surface area (Å²) < 4.78 is 7.01. The highest BCUT2D eigenvalue weighted by molar-refractivity contribution is 6.29. The summed E-state index contributed by atoms with van der Waals surface area (Å²) in [5.41, 5.74) is 0. The molecule has 1 aliphatic heterocycles. The molecule has 0 aromatic carbocycles. The Morgan fingerprint density at radius 1 is 1.52 bits per heavy atom. The summed E-state index contributed by atoms with van der Waals surface area (Å²) >= 11 is 6.14. The standard InChI is InChI=1S/C16H27ClN4O2/c1-19(2)13-5-4-8-20(12-13)16(22)7-6-15-18-11-14(17)21(15)9-10-23-3/h11,13H,4-10,12H2,1-3H3/t13-/m1/s1. The number of piperidine rings is 1. The van der Waals surface area contributed by atoms with Gasteiger partial charge in [-0.1, -0.05) is 11.6 Å². The van der Waals surface area contributed by atoms with Crippen LogP contribution in [-0.4, -0.2) is 72.2 Å². The molecule has 0 spiro atoms.